The summed E-state index contributed by atoms with van der Waals surface area (Å²) < 4.78 is 5.16. The molecule has 1 aromatic rings. The number of ether oxygens (including phenoxy) is 1. The summed E-state index contributed by atoms with van der Waals surface area (Å²) >= 11 is 0. The van der Waals surface area contributed by atoms with Gasteiger partial charge in [-0.2, -0.15) is 0 Å². The van der Waals surface area contributed by atoms with E-state index in [9.17, 15) is 4.79 Å². The fraction of sp³-hybridized carbons (Fsp3) is 0.438. The van der Waals surface area contributed by atoms with E-state index in [-0.39, 0.29) is 5.91 Å². The van der Waals surface area contributed by atoms with Gasteiger partial charge in [-0.3, -0.25) is 4.79 Å². The Bertz CT molecular complexity index is 504. The van der Waals surface area contributed by atoms with Crippen LogP contribution in [0.5, 0.6) is 5.75 Å². The Kier molecular flexibility index (Phi) is 3.28. The van der Waals surface area contributed by atoms with Crippen LogP contribution in [0.15, 0.2) is 35.9 Å². The lowest BCUT2D eigenvalue weighted by Crippen LogP contribution is -2.35. The molecule has 19 heavy (non-hydrogen) atoms. The second-order valence-corrected chi connectivity index (χ2v) is 5.30. The highest BCUT2D eigenvalue weighted by Crippen LogP contribution is 2.33. The highest BCUT2D eigenvalue weighted by Gasteiger charge is 2.33. The number of carbonyl (C=O) groups is 1. The van der Waals surface area contributed by atoms with E-state index in [4.69, 9.17) is 4.74 Å². The van der Waals surface area contributed by atoms with E-state index < -0.39 is 0 Å². The highest BCUT2D eigenvalue weighted by molar-refractivity contribution is 5.92. The van der Waals surface area contributed by atoms with E-state index >= 15 is 0 Å². The average Bonchev–Trinajstić information content (AvgIpc) is 2.76. The van der Waals surface area contributed by atoms with Gasteiger partial charge < -0.3 is 9.64 Å². The maximum Gasteiger partial charge on any atom is 0.247 e. The summed E-state index contributed by atoms with van der Waals surface area (Å²) in [6.07, 6.45) is 6.52. The zero-order valence-corrected chi connectivity index (χ0v) is 11.3. The molecule has 1 heterocycles. The SMILES string of the molecule is COc1ccc(CN2C(=O)C=C3CCCCC32)cc1. The first-order valence-electron chi connectivity index (χ1n) is 6.92. The molecule has 0 bridgehead atoms. The minimum atomic E-state index is 0.178. The van der Waals surface area contributed by atoms with E-state index in [1.807, 2.05) is 35.2 Å². The maximum atomic E-state index is 12.1. The number of amides is 1. The Morgan fingerprint density at radius 3 is 2.79 bits per heavy atom. The number of hydrogen-bond donors (Lipinski definition) is 0. The van der Waals surface area contributed by atoms with Crippen molar-refractivity contribution in [2.75, 3.05) is 7.11 Å². The van der Waals surface area contributed by atoms with Crippen molar-refractivity contribution in [3.05, 3.63) is 41.5 Å². The van der Waals surface area contributed by atoms with E-state index in [0.29, 0.717) is 12.6 Å². The number of nitrogens with zero attached hydrogens (tertiary/aromatic N) is 1. The number of hydrogen-bond acceptors (Lipinski definition) is 2. The Morgan fingerprint density at radius 2 is 2.05 bits per heavy atom. The number of rotatable bonds is 3. The van der Waals surface area contributed by atoms with E-state index in [0.717, 1.165) is 24.2 Å². The van der Waals surface area contributed by atoms with Crippen molar-refractivity contribution in [2.45, 2.75) is 38.3 Å². The Morgan fingerprint density at radius 1 is 1.26 bits per heavy atom. The number of fused-ring (bicyclic) bond motifs is 1. The molecule has 3 heteroatoms. The molecule has 1 atom stereocenters. The first-order valence-corrected chi connectivity index (χ1v) is 6.92. The number of benzene rings is 1. The normalized spacial score (nSPS) is 22.2. The Hall–Kier alpha value is -1.77. The summed E-state index contributed by atoms with van der Waals surface area (Å²) in [5.41, 5.74) is 2.50. The van der Waals surface area contributed by atoms with Crippen LogP contribution < -0.4 is 4.74 Å². The maximum absolute atomic E-state index is 12.1. The molecular formula is C16H19NO2. The molecule has 0 N–H and O–H groups in total. The van der Waals surface area contributed by atoms with Gasteiger partial charge in [0, 0.05) is 12.6 Å². The lowest BCUT2D eigenvalue weighted by Gasteiger charge is -2.30. The molecule has 0 spiro atoms. The third kappa shape index (κ3) is 2.37. The van der Waals surface area contributed by atoms with Crippen LogP contribution in [0.3, 0.4) is 0 Å². The molecule has 100 valence electrons. The van der Waals surface area contributed by atoms with Gasteiger partial charge in [-0.15, -0.1) is 0 Å². The molecule has 1 amide bonds. The van der Waals surface area contributed by atoms with Crippen LogP contribution in [0.1, 0.15) is 31.2 Å². The first-order chi connectivity index (χ1) is 9.28. The molecule has 1 aromatic carbocycles. The van der Waals surface area contributed by atoms with Gasteiger partial charge in [0.2, 0.25) is 5.91 Å². The molecule has 1 aliphatic heterocycles. The third-order valence-electron chi connectivity index (χ3n) is 4.10. The van der Waals surface area contributed by atoms with Crippen molar-refractivity contribution in [1.82, 2.24) is 4.90 Å². The van der Waals surface area contributed by atoms with Gasteiger partial charge in [0.1, 0.15) is 5.75 Å². The van der Waals surface area contributed by atoms with E-state index in [1.54, 1.807) is 7.11 Å². The van der Waals surface area contributed by atoms with Crippen LogP contribution in [0.25, 0.3) is 0 Å². The Balaban J connectivity index is 1.73. The van der Waals surface area contributed by atoms with Gasteiger partial charge in [0.25, 0.3) is 0 Å². The van der Waals surface area contributed by atoms with Gasteiger partial charge in [-0.1, -0.05) is 18.6 Å². The van der Waals surface area contributed by atoms with Crippen molar-refractivity contribution in [1.29, 1.82) is 0 Å². The van der Waals surface area contributed by atoms with E-state index in [2.05, 4.69) is 0 Å². The van der Waals surface area contributed by atoms with Crippen molar-refractivity contribution >= 4 is 5.91 Å². The van der Waals surface area contributed by atoms with Crippen LogP contribution in [0, 0.1) is 0 Å². The van der Waals surface area contributed by atoms with Crippen LogP contribution in [-0.2, 0) is 11.3 Å². The smallest absolute Gasteiger partial charge is 0.247 e. The fourth-order valence-electron chi connectivity index (χ4n) is 3.05. The summed E-state index contributed by atoms with van der Waals surface area (Å²) in [4.78, 5) is 14.1. The molecule has 1 unspecified atom stereocenters. The molecular weight excluding hydrogens is 238 g/mol. The van der Waals surface area contributed by atoms with Gasteiger partial charge in [0.15, 0.2) is 0 Å². The van der Waals surface area contributed by atoms with Crippen LogP contribution in [0.2, 0.25) is 0 Å². The molecule has 1 fully saturated rings. The summed E-state index contributed by atoms with van der Waals surface area (Å²) in [6.45, 7) is 0.702. The van der Waals surface area contributed by atoms with Crippen molar-refractivity contribution in [2.24, 2.45) is 0 Å². The third-order valence-corrected chi connectivity index (χ3v) is 4.10. The second-order valence-electron chi connectivity index (χ2n) is 5.30. The second kappa shape index (κ2) is 5.08. The summed E-state index contributed by atoms with van der Waals surface area (Å²) in [5.74, 6) is 1.03. The Labute approximate surface area is 113 Å². The van der Waals surface area contributed by atoms with Crippen LogP contribution >= 0.6 is 0 Å². The predicted molar refractivity (Wildman–Crippen MR) is 73.9 cm³/mol. The van der Waals surface area contributed by atoms with Gasteiger partial charge in [-0.25, -0.2) is 0 Å². The standard InChI is InChI=1S/C16H19NO2/c1-19-14-8-6-12(7-9-14)11-17-15-5-3-2-4-13(15)10-16(17)18/h6-10,15H,2-5,11H2,1H3. The summed E-state index contributed by atoms with van der Waals surface area (Å²) in [7, 11) is 1.66. The van der Waals surface area contributed by atoms with Crippen molar-refractivity contribution in [3.8, 4) is 5.75 Å². The summed E-state index contributed by atoms with van der Waals surface area (Å²) in [6, 6.07) is 8.32. The van der Waals surface area contributed by atoms with Gasteiger partial charge >= 0.3 is 0 Å². The molecule has 0 aromatic heterocycles. The average molecular weight is 257 g/mol. The zero-order chi connectivity index (χ0) is 13.2. The minimum absolute atomic E-state index is 0.178. The molecule has 0 radical (unpaired) electrons. The first kappa shape index (κ1) is 12.3. The topological polar surface area (TPSA) is 29.5 Å². The minimum Gasteiger partial charge on any atom is -0.497 e. The molecule has 1 aliphatic carbocycles. The van der Waals surface area contributed by atoms with E-state index in [1.165, 1.54) is 18.4 Å². The lowest BCUT2D eigenvalue weighted by molar-refractivity contribution is -0.126. The molecule has 2 aliphatic rings. The summed E-state index contributed by atoms with van der Waals surface area (Å²) in [5, 5.41) is 0. The van der Waals surface area contributed by atoms with Crippen molar-refractivity contribution < 1.29 is 9.53 Å². The molecule has 3 rings (SSSR count). The molecule has 1 saturated carbocycles. The van der Waals surface area contributed by atoms with Gasteiger partial charge in [-0.05, 0) is 42.5 Å². The lowest BCUT2D eigenvalue weighted by atomic mass is 9.91. The predicted octanol–water partition coefficient (Wildman–Crippen LogP) is 2.91. The van der Waals surface area contributed by atoms with Gasteiger partial charge in [0.05, 0.1) is 13.2 Å². The highest BCUT2D eigenvalue weighted by atomic mass is 16.5. The van der Waals surface area contributed by atoms with Crippen LogP contribution in [-0.4, -0.2) is 24.0 Å². The number of methoxy groups -OCH3 is 1. The molecule has 0 saturated heterocycles. The fourth-order valence-corrected chi connectivity index (χ4v) is 3.05. The number of carbonyl (C=O) groups excluding carboxylic acids is 1. The largest absolute Gasteiger partial charge is 0.497 e. The monoisotopic (exact) mass is 257 g/mol. The van der Waals surface area contributed by atoms with Crippen molar-refractivity contribution in [3.63, 3.8) is 0 Å². The van der Waals surface area contributed by atoms with Crippen LogP contribution in [0.4, 0.5) is 0 Å². The zero-order valence-electron chi connectivity index (χ0n) is 11.3. The quantitative estimate of drug-likeness (QED) is 0.833. The molecule has 3 nitrogen and oxygen atoms in total.